The Morgan fingerprint density at radius 1 is 1.04 bits per heavy atom. The van der Waals surface area contributed by atoms with E-state index in [1.54, 1.807) is 24.3 Å². The molecule has 2 aliphatic rings. The lowest BCUT2D eigenvalue weighted by Gasteiger charge is -2.36. The number of carbonyl (C=O) groups excluding carboxylic acids is 2. The van der Waals surface area contributed by atoms with E-state index in [0.717, 1.165) is 19.3 Å². The van der Waals surface area contributed by atoms with Crippen LogP contribution in [0.4, 0.5) is 16.2 Å². The largest absolute Gasteiger partial charge is 0.481 e. The van der Waals surface area contributed by atoms with Crippen molar-refractivity contribution in [1.29, 1.82) is 0 Å². The van der Waals surface area contributed by atoms with Crippen molar-refractivity contribution >= 4 is 29.3 Å². The summed E-state index contributed by atoms with van der Waals surface area (Å²) in [4.78, 5) is 35.0. The van der Waals surface area contributed by atoms with Gasteiger partial charge in [0.1, 0.15) is 0 Å². The predicted octanol–water partition coefficient (Wildman–Crippen LogP) is 2.55. The van der Waals surface area contributed by atoms with E-state index >= 15 is 0 Å². The van der Waals surface area contributed by atoms with Crippen LogP contribution in [0.3, 0.4) is 0 Å². The minimum atomic E-state index is -0.898. The molecule has 2 saturated carbocycles. The number of nitrogens with one attached hydrogen (secondary N) is 3. The van der Waals surface area contributed by atoms with Gasteiger partial charge in [-0.1, -0.05) is 6.42 Å². The number of carboxylic acid groups (broad SMARTS) is 1. The molecule has 0 aliphatic heterocycles. The maximum absolute atomic E-state index is 12.1. The Labute approximate surface area is 139 Å². The lowest BCUT2D eigenvalue weighted by atomic mass is 9.66. The fourth-order valence-electron chi connectivity index (χ4n) is 2.80. The van der Waals surface area contributed by atoms with Gasteiger partial charge >= 0.3 is 12.0 Å². The van der Waals surface area contributed by atoms with Crippen LogP contribution in [-0.4, -0.2) is 29.1 Å². The molecule has 1 aromatic carbocycles. The smallest absolute Gasteiger partial charge is 0.319 e. The maximum Gasteiger partial charge on any atom is 0.319 e. The third kappa shape index (κ3) is 3.84. The molecule has 1 aromatic rings. The van der Waals surface area contributed by atoms with Gasteiger partial charge in [-0.25, -0.2) is 4.79 Å². The van der Waals surface area contributed by atoms with Crippen molar-refractivity contribution in [3.63, 3.8) is 0 Å². The summed E-state index contributed by atoms with van der Waals surface area (Å²) in [5.41, 5.74) is 0.312. The predicted molar refractivity (Wildman–Crippen MR) is 88.8 cm³/mol. The summed E-state index contributed by atoms with van der Waals surface area (Å²) in [7, 11) is 0. The number of benzene rings is 1. The first kappa shape index (κ1) is 16.3. The van der Waals surface area contributed by atoms with Crippen molar-refractivity contribution in [3.05, 3.63) is 24.3 Å². The minimum absolute atomic E-state index is 0.00781. The molecule has 24 heavy (non-hydrogen) atoms. The summed E-state index contributed by atoms with van der Waals surface area (Å²) in [5, 5.41) is 17.5. The number of anilines is 2. The van der Waals surface area contributed by atoms with E-state index < -0.39 is 11.4 Å². The molecule has 7 heteroatoms. The highest BCUT2D eigenvalue weighted by molar-refractivity contribution is 5.95. The number of urea groups is 1. The molecule has 128 valence electrons. The second-order valence-electron chi connectivity index (χ2n) is 6.61. The Morgan fingerprint density at radius 2 is 1.62 bits per heavy atom. The molecule has 0 aromatic heterocycles. The zero-order valence-corrected chi connectivity index (χ0v) is 13.3. The molecule has 0 atom stereocenters. The molecule has 2 aliphatic carbocycles. The van der Waals surface area contributed by atoms with Crippen molar-refractivity contribution in [2.75, 3.05) is 10.6 Å². The second-order valence-corrected chi connectivity index (χ2v) is 6.61. The van der Waals surface area contributed by atoms with Crippen molar-refractivity contribution < 1.29 is 19.5 Å². The fourth-order valence-corrected chi connectivity index (χ4v) is 2.80. The highest BCUT2D eigenvalue weighted by Gasteiger charge is 2.45. The Balaban J connectivity index is 1.50. The van der Waals surface area contributed by atoms with Gasteiger partial charge < -0.3 is 21.1 Å². The molecule has 4 N–H and O–H groups in total. The maximum atomic E-state index is 12.1. The molecule has 0 heterocycles. The van der Waals surface area contributed by atoms with Gasteiger partial charge in [-0.3, -0.25) is 9.59 Å². The zero-order valence-electron chi connectivity index (χ0n) is 13.3. The third-order valence-corrected chi connectivity index (χ3v) is 4.60. The normalized spacial score (nSPS) is 18.2. The van der Waals surface area contributed by atoms with E-state index in [0.29, 0.717) is 24.2 Å². The van der Waals surface area contributed by atoms with Gasteiger partial charge in [-0.05, 0) is 49.9 Å². The zero-order chi connectivity index (χ0) is 17.2. The molecule has 0 bridgehead atoms. The first-order chi connectivity index (χ1) is 11.5. The summed E-state index contributed by atoms with van der Waals surface area (Å²) in [5.74, 6) is -1.20. The minimum Gasteiger partial charge on any atom is -0.481 e. The summed E-state index contributed by atoms with van der Waals surface area (Å²) in [6, 6.07) is 6.80. The quantitative estimate of drug-likeness (QED) is 0.642. The summed E-state index contributed by atoms with van der Waals surface area (Å²) in [6.07, 6.45) is 3.99. The van der Waals surface area contributed by atoms with Gasteiger partial charge in [0.2, 0.25) is 5.91 Å². The van der Waals surface area contributed by atoms with Crippen LogP contribution in [0.15, 0.2) is 24.3 Å². The molecular weight excluding hydrogens is 310 g/mol. The van der Waals surface area contributed by atoms with E-state index in [-0.39, 0.29) is 24.4 Å². The Kier molecular flexibility index (Phi) is 4.42. The number of carbonyl (C=O) groups is 3. The summed E-state index contributed by atoms with van der Waals surface area (Å²) >= 11 is 0. The first-order valence-electron chi connectivity index (χ1n) is 8.18. The van der Waals surface area contributed by atoms with Gasteiger partial charge in [-0.2, -0.15) is 0 Å². The molecule has 0 spiro atoms. The standard InChI is InChI=1S/C17H21N3O4/c21-14(10-17(15(22)23)8-1-9-17)18-11-2-4-12(5-3-11)19-16(24)20-13-6-7-13/h2-5,13H,1,6-10H2,(H,18,21)(H,22,23)(H2,19,20,24). The average Bonchev–Trinajstić information content (AvgIpc) is 3.28. The highest BCUT2D eigenvalue weighted by atomic mass is 16.4. The van der Waals surface area contributed by atoms with Crippen molar-refractivity contribution in [2.45, 2.75) is 44.6 Å². The van der Waals surface area contributed by atoms with Crippen LogP contribution in [0.1, 0.15) is 38.5 Å². The van der Waals surface area contributed by atoms with Crippen molar-refractivity contribution in [3.8, 4) is 0 Å². The number of aliphatic carboxylic acids is 1. The Morgan fingerprint density at radius 3 is 2.08 bits per heavy atom. The Bertz CT molecular complexity index is 648. The average molecular weight is 331 g/mol. The molecule has 3 rings (SSSR count). The third-order valence-electron chi connectivity index (χ3n) is 4.60. The number of hydrogen-bond acceptors (Lipinski definition) is 3. The lowest BCUT2D eigenvalue weighted by molar-refractivity contribution is -0.157. The van der Waals surface area contributed by atoms with Crippen molar-refractivity contribution in [1.82, 2.24) is 5.32 Å². The van der Waals surface area contributed by atoms with Crippen LogP contribution in [0.5, 0.6) is 0 Å². The molecular formula is C17H21N3O4. The topological polar surface area (TPSA) is 108 Å². The SMILES string of the molecule is O=C(CC1(C(=O)O)CCC1)Nc1ccc(NC(=O)NC2CC2)cc1. The molecule has 0 saturated heterocycles. The lowest BCUT2D eigenvalue weighted by Crippen LogP contribution is -2.41. The van der Waals surface area contributed by atoms with Crippen LogP contribution in [0.2, 0.25) is 0 Å². The van der Waals surface area contributed by atoms with Gasteiger partial charge in [0.25, 0.3) is 0 Å². The van der Waals surface area contributed by atoms with Crippen molar-refractivity contribution in [2.24, 2.45) is 5.41 Å². The van der Waals surface area contributed by atoms with E-state index in [2.05, 4.69) is 16.0 Å². The molecule has 3 amide bonds. The number of carboxylic acids is 1. The van der Waals surface area contributed by atoms with Crippen LogP contribution in [-0.2, 0) is 9.59 Å². The summed E-state index contributed by atoms with van der Waals surface area (Å²) < 4.78 is 0. The van der Waals surface area contributed by atoms with E-state index in [4.69, 9.17) is 0 Å². The van der Waals surface area contributed by atoms with Gasteiger partial charge in [0, 0.05) is 23.8 Å². The fraction of sp³-hybridized carbons (Fsp3) is 0.471. The molecule has 2 fully saturated rings. The molecule has 7 nitrogen and oxygen atoms in total. The molecule has 0 radical (unpaired) electrons. The van der Waals surface area contributed by atoms with E-state index in [1.807, 2.05) is 0 Å². The number of amides is 3. The first-order valence-corrected chi connectivity index (χ1v) is 8.18. The number of hydrogen-bond donors (Lipinski definition) is 4. The number of rotatable bonds is 6. The molecule has 0 unspecified atom stereocenters. The van der Waals surface area contributed by atoms with Crippen LogP contribution in [0.25, 0.3) is 0 Å². The van der Waals surface area contributed by atoms with Gasteiger partial charge in [-0.15, -0.1) is 0 Å². The summed E-state index contributed by atoms with van der Waals surface area (Å²) in [6.45, 7) is 0. The van der Waals surface area contributed by atoms with Gasteiger partial charge in [0.05, 0.1) is 5.41 Å². The van der Waals surface area contributed by atoms with Crippen LogP contribution in [0, 0.1) is 5.41 Å². The van der Waals surface area contributed by atoms with E-state index in [1.165, 1.54) is 0 Å². The Hall–Kier alpha value is -2.57. The van der Waals surface area contributed by atoms with E-state index in [9.17, 15) is 19.5 Å². The monoisotopic (exact) mass is 331 g/mol. The van der Waals surface area contributed by atoms with Crippen LogP contribution >= 0.6 is 0 Å². The highest BCUT2D eigenvalue weighted by Crippen LogP contribution is 2.44. The second kappa shape index (κ2) is 6.51. The van der Waals surface area contributed by atoms with Crippen LogP contribution < -0.4 is 16.0 Å². The van der Waals surface area contributed by atoms with Gasteiger partial charge in [0.15, 0.2) is 0 Å².